The molecule has 1 unspecified atom stereocenters. The van der Waals surface area contributed by atoms with Crippen LogP contribution < -0.4 is 4.74 Å². The van der Waals surface area contributed by atoms with Gasteiger partial charge in [0.1, 0.15) is 34.7 Å². The highest BCUT2D eigenvalue weighted by molar-refractivity contribution is 5.91. The summed E-state index contributed by atoms with van der Waals surface area (Å²) in [5.41, 5.74) is 4.00. The maximum Gasteiger partial charge on any atom is 0.407 e. The summed E-state index contributed by atoms with van der Waals surface area (Å²) >= 11 is 0. The van der Waals surface area contributed by atoms with Crippen LogP contribution in [0.2, 0.25) is 0 Å². The highest BCUT2D eigenvalue weighted by Gasteiger charge is 2.27. The normalized spacial score (nSPS) is 14.7. The largest absolute Gasteiger partial charge is 0.484 e. The molecule has 0 spiro atoms. The van der Waals surface area contributed by atoms with E-state index in [1.807, 2.05) is 24.6 Å². The number of esters is 1. The summed E-state index contributed by atoms with van der Waals surface area (Å²) in [6.45, 7) is 4.61. The van der Waals surface area contributed by atoms with E-state index < -0.39 is 18.2 Å². The number of amides is 1. The molecule has 1 fully saturated rings. The van der Waals surface area contributed by atoms with Crippen LogP contribution in [0.1, 0.15) is 59.1 Å². The summed E-state index contributed by atoms with van der Waals surface area (Å²) in [5.74, 6) is -0.0686. The summed E-state index contributed by atoms with van der Waals surface area (Å²) in [5, 5.41) is 32.1. The Morgan fingerprint density at radius 2 is 1.97 bits per heavy atom. The van der Waals surface area contributed by atoms with E-state index in [1.165, 1.54) is 18.2 Å². The summed E-state index contributed by atoms with van der Waals surface area (Å²) < 4.78 is 14.7. The maximum atomic E-state index is 12.3. The number of carbonyl (C=O) groups excluding carboxylic acids is 1. The number of methoxy groups -OCH3 is 1. The maximum absolute atomic E-state index is 12.3. The fourth-order valence-corrected chi connectivity index (χ4v) is 5.04. The topological polar surface area (TPSA) is 148 Å². The second-order valence-corrected chi connectivity index (χ2v) is 9.36. The zero-order valence-corrected chi connectivity index (χ0v) is 21.7. The van der Waals surface area contributed by atoms with Crippen LogP contribution >= 0.6 is 0 Å². The molecule has 4 heterocycles. The number of benzene rings is 1. The first-order valence-electron chi connectivity index (χ1n) is 12.5. The Morgan fingerprint density at radius 3 is 2.67 bits per heavy atom. The Labute approximate surface area is 224 Å². The van der Waals surface area contributed by atoms with Crippen molar-refractivity contribution in [3.63, 3.8) is 0 Å². The molecule has 39 heavy (non-hydrogen) atoms. The number of piperidine rings is 1. The SMILES string of the molecule is COC(=O)c1ccccc1C(C)Oc1cc(-c2nnn(C3CCN(C(=O)O)CC3)c2C)cn2ncc(C#N)c12. The number of hydrogen-bond donors (Lipinski definition) is 1. The van der Waals surface area contributed by atoms with E-state index in [1.54, 1.807) is 35.0 Å². The van der Waals surface area contributed by atoms with Gasteiger partial charge in [0.25, 0.3) is 0 Å². The fraction of sp³-hybridized carbons (Fsp3) is 0.333. The number of pyridine rings is 1. The van der Waals surface area contributed by atoms with Gasteiger partial charge >= 0.3 is 12.1 Å². The van der Waals surface area contributed by atoms with Crippen LogP contribution in [-0.4, -0.2) is 66.9 Å². The van der Waals surface area contributed by atoms with Gasteiger partial charge in [0.2, 0.25) is 0 Å². The minimum Gasteiger partial charge on any atom is -0.484 e. The molecule has 3 aromatic heterocycles. The van der Waals surface area contributed by atoms with Crippen molar-refractivity contribution in [1.82, 2.24) is 29.5 Å². The van der Waals surface area contributed by atoms with Gasteiger partial charge in [-0.2, -0.15) is 10.4 Å². The molecule has 0 radical (unpaired) electrons. The van der Waals surface area contributed by atoms with Gasteiger partial charge < -0.3 is 19.5 Å². The molecule has 0 saturated carbocycles. The lowest BCUT2D eigenvalue weighted by molar-refractivity contribution is 0.0595. The number of rotatable bonds is 6. The van der Waals surface area contributed by atoms with Crippen molar-refractivity contribution in [2.45, 2.75) is 38.8 Å². The van der Waals surface area contributed by atoms with Gasteiger partial charge in [-0.25, -0.2) is 18.8 Å². The van der Waals surface area contributed by atoms with E-state index in [0.29, 0.717) is 65.1 Å². The van der Waals surface area contributed by atoms with E-state index in [2.05, 4.69) is 21.5 Å². The van der Waals surface area contributed by atoms with Gasteiger partial charge in [-0.15, -0.1) is 5.10 Å². The summed E-state index contributed by atoms with van der Waals surface area (Å²) in [6, 6.07) is 11.0. The highest BCUT2D eigenvalue weighted by atomic mass is 16.5. The van der Waals surface area contributed by atoms with Crippen LogP contribution in [0.3, 0.4) is 0 Å². The van der Waals surface area contributed by atoms with Crippen LogP contribution in [0.4, 0.5) is 4.79 Å². The molecule has 1 atom stereocenters. The molecule has 12 heteroatoms. The first kappa shape index (κ1) is 25.7. The Bertz CT molecular complexity index is 1590. The molecule has 1 saturated heterocycles. The van der Waals surface area contributed by atoms with Crippen molar-refractivity contribution in [3.8, 4) is 23.1 Å². The smallest absolute Gasteiger partial charge is 0.407 e. The number of carboxylic acid groups (broad SMARTS) is 1. The van der Waals surface area contributed by atoms with Crippen LogP contribution in [0, 0.1) is 18.3 Å². The van der Waals surface area contributed by atoms with Crippen LogP contribution in [0.5, 0.6) is 5.75 Å². The average Bonchev–Trinajstić information content (AvgIpc) is 3.55. The van der Waals surface area contributed by atoms with Crippen LogP contribution in [0.15, 0.2) is 42.7 Å². The molecular formula is C27H27N7O5. The van der Waals surface area contributed by atoms with Crippen molar-refractivity contribution in [2.75, 3.05) is 20.2 Å². The lowest BCUT2D eigenvalue weighted by atomic mass is 10.0. The lowest BCUT2D eigenvalue weighted by Crippen LogP contribution is -2.38. The average molecular weight is 530 g/mol. The number of nitriles is 1. The van der Waals surface area contributed by atoms with Crippen LogP contribution in [-0.2, 0) is 4.74 Å². The van der Waals surface area contributed by atoms with Crippen molar-refractivity contribution >= 4 is 17.6 Å². The number of ether oxygens (including phenoxy) is 2. The molecule has 200 valence electrons. The number of fused-ring (bicyclic) bond motifs is 1. The van der Waals surface area contributed by atoms with Gasteiger partial charge in [0.15, 0.2) is 0 Å². The third-order valence-electron chi connectivity index (χ3n) is 7.09. The number of likely N-dealkylation sites (tertiary alicyclic amines) is 1. The van der Waals surface area contributed by atoms with E-state index >= 15 is 0 Å². The highest BCUT2D eigenvalue weighted by Crippen LogP contribution is 2.35. The number of carbonyl (C=O) groups is 2. The number of nitrogens with zero attached hydrogens (tertiary/aromatic N) is 7. The molecule has 0 aliphatic carbocycles. The third kappa shape index (κ3) is 4.74. The Balaban J connectivity index is 1.51. The van der Waals surface area contributed by atoms with E-state index in [-0.39, 0.29) is 6.04 Å². The zero-order valence-electron chi connectivity index (χ0n) is 21.7. The third-order valence-corrected chi connectivity index (χ3v) is 7.09. The molecule has 1 aliphatic rings. The Hall–Kier alpha value is -4.92. The molecule has 0 bridgehead atoms. The molecular weight excluding hydrogens is 502 g/mol. The van der Waals surface area contributed by atoms with Crippen molar-refractivity contribution in [2.24, 2.45) is 0 Å². The zero-order chi connectivity index (χ0) is 27.7. The van der Waals surface area contributed by atoms with Gasteiger partial charge in [0, 0.05) is 30.4 Å². The van der Waals surface area contributed by atoms with Crippen molar-refractivity contribution in [3.05, 3.63) is 65.1 Å². The molecule has 1 aliphatic heterocycles. The minimum absolute atomic E-state index is 0.0334. The van der Waals surface area contributed by atoms with E-state index in [4.69, 9.17) is 9.47 Å². The van der Waals surface area contributed by atoms with E-state index in [0.717, 1.165) is 5.69 Å². The van der Waals surface area contributed by atoms with Crippen LogP contribution in [0.25, 0.3) is 16.8 Å². The summed E-state index contributed by atoms with van der Waals surface area (Å²) in [4.78, 5) is 25.0. The molecule has 5 rings (SSSR count). The predicted octanol–water partition coefficient (Wildman–Crippen LogP) is 4.01. The monoisotopic (exact) mass is 529 g/mol. The number of aromatic nitrogens is 5. The second kappa shape index (κ2) is 10.4. The minimum atomic E-state index is -0.912. The van der Waals surface area contributed by atoms with Crippen molar-refractivity contribution in [1.29, 1.82) is 5.26 Å². The quantitative estimate of drug-likeness (QED) is 0.366. The molecule has 1 aromatic carbocycles. The summed E-state index contributed by atoms with van der Waals surface area (Å²) in [6.07, 6.45) is 3.06. The molecule has 1 amide bonds. The van der Waals surface area contributed by atoms with Gasteiger partial charge in [0.05, 0.1) is 30.6 Å². The van der Waals surface area contributed by atoms with Gasteiger partial charge in [-0.3, -0.25) is 0 Å². The fourth-order valence-electron chi connectivity index (χ4n) is 5.04. The first-order chi connectivity index (χ1) is 18.8. The summed E-state index contributed by atoms with van der Waals surface area (Å²) in [7, 11) is 1.33. The molecule has 1 N–H and O–H groups in total. The second-order valence-electron chi connectivity index (χ2n) is 9.36. The Kier molecular flexibility index (Phi) is 6.89. The lowest BCUT2D eigenvalue weighted by Gasteiger charge is -2.30. The predicted molar refractivity (Wildman–Crippen MR) is 138 cm³/mol. The van der Waals surface area contributed by atoms with Crippen molar-refractivity contribution < 1.29 is 24.2 Å². The molecule has 4 aromatic rings. The van der Waals surface area contributed by atoms with Gasteiger partial charge in [-0.05, 0) is 38.8 Å². The standard InChI is InChI=1S/C27H27N7O5/c1-16-24(30-31-34(16)20-8-10-32(11-9-20)27(36)37)18-12-23(25-19(13-28)14-29-33(25)15-18)39-17(2)21-6-4-5-7-22(21)26(35)38-3/h4-7,12,14-15,17,20H,8-11H2,1-3H3,(H,36,37). The van der Waals surface area contributed by atoms with Gasteiger partial charge in [-0.1, -0.05) is 23.4 Å². The molecule has 12 nitrogen and oxygen atoms in total. The first-order valence-corrected chi connectivity index (χ1v) is 12.5. The number of hydrogen-bond acceptors (Lipinski definition) is 8. The Morgan fingerprint density at radius 1 is 1.23 bits per heavy atom. The van der Waals surface area contributed by atoms with E-state index in [9.17, 15) is 20.0 Å².